The summed E-state index contributed by atoms with van der Waals surface area (Å²) in [5.41, 5.74) is 0.672. The van der Waals surface area contributed by atoms with E-state index >= 15 is 0 Å². The smallest absolute Gasteiger partial charge is 0.274 e. The second kappa shape index (κ2) is 4.77. The normalized spacial score (nSPS) is 19.8. The van der Waals surface area contributed by atoms with Crippen molar-refractivity contribution < 1.29 is 4.79 Å². The van der Waals surface area contributed by atoms with Gasteiger partial charge in [-0.05, 0) is 6.42 Å². The second-order valence-corrected chi connectivity index (χ2v) is 6.61. The van der Waals surface area contributed by atoms with E-state index in [0.29, 0.717) is 5.69 Å². The molecular weight excluding hydrogens is 286 g/mol. The molecule has 0 aliphatic carbocycles. The molecule has 6 nitrogen and oxygen atoms in total. The van der Waals surface area contributed by atoms with E-state index in [-0.39, 0.29) is 11.3 Å². The summed E-state index contributed by atoms with van der Waals surface area (Å²) in [5, 5.41) is 3.09. The molecule has 0 N–H and O–H groups in total. The zero-order valence-electron chi connectivity index (χ0n) is 11.5. The van der Waals surface area contributed by atoms with Gasteiger partial charge in [0.2, 0.25) is 0 Å². The first kappa shape index (κ1) is 12.7. The van der Waals surface area contributed by atoms with Crippen LogP contribution in [0.25, 0.3) is 0 Å². The van der Waals surface area contributed by atoms with Gasteiger partial charge in [0, 0.05) is 55.6 Å². The summed E-state index contributed by atoms with van der Waals surface area (Å²) in [6.45, 7) is 3.64. The van der Waals surface area contributed by atoms with Crippen LogP contribution >= 0.6 is 11.3 Å². The van der Waals surface area contributed by atoms with Crippen LogP contribution in [0.5, 0.6) is 0 Å². The van der Waals surface area contributed by atoms with Crippen LogP contribution in [-0.4, -0.2) is 51.9 Å². The molecule has 2 aromatic rings. The standard InChI is InChI=1S/C14H15N5OS/c20-12(11-7-15-2-3-16-11)19-9-14(10-19)1-5-18(8-14)13-17-4-6-21-13/h2-4,6-7H,1,5,8-10H2. The summed E-state index contributed by atoms with van der Waals surface area (Å²) in [6, 6.07) is 0. The molecule has 2 aliphatic heterocycles. The number of thiazole rings is 1. The van der Waals surface area contributed by atoms with Crippen LogP contribution < -0.4 is 4.90 Å². The molecule has 108 valence electrons. The van der Waals surface area contributed by atoms with E-state index in [1.165, 1.54) is 6.20 Å². The highest BCUT2D eigenvalue weighted by atomic mass is 32.1. The molecule has 0 radical (unpaired) electrons. The topological polar surface area (TPSA) is 62.2 Å². The molecule has 2 fully saturated rings. The molecule has 0 saturated carbocycles. The molecule has 2 aromatic heterocycles. The predicted molar refractivity (Wildman–Crippen MR) is 79.3 cm³/mol. The number of hydrogen-bond acceptors (Lipinski definition) is 6. The van der Waals surface area contributed by atoms with Crippen molar-refractivity contribution in [1.29, 1.82) is 0 Å². The Bertz CT molecular complexity index is 639. The van der Waals surface area contributed by atoms with Crippen LogP contribution in [0.4, 0.5) is 5.13 Å². The lowest BCUT2D eigenvalue weighted by molar-refractivity contribution is 0.0162. The average Bonchev–Trinajstić information content (AvgIpc) is 3.15. The Labute approximate surface area is 126 Å². The van der Waals surface area contributed by atoms with Gasteiger partial charge in [-0.2, -0.15) is 0 Å². The largest absolute Gasteiger partial charge is 0.347 e. The quantitative estimate of drug-likeness (QED) is 0.836. The SMILES string of the molecule is O=C(c1cnccn1)N1CC2(CCN(c3nccs3)C2)C1. The third-order valence-corrected chi connectivity index (χ3v) is 5.08. The number of rotatable bonds is 2. The molecule has 2 aliphatic rings. The summed E-state index contributed by atoms with van der Waals surface area (Å²) in [7, 11) is 0. The molecule has 0 atom stereocenters. The number of aromatic nitrogens is 3. The Morgan fingerprint density at radius 1 is 1.19 bits per heavy atom. The van der Waals surface area contributed by atoms with Gasteiger partial charge in [-0.1, -0.05) is 0 Å². The molecule has 0 aromatic carbocycles. The van der Waals surface area contributed by atoms with Crippen molar-refractivity contribution in [3.63, 3.8) is 0 Å². The number of carbonyl (C=O) groups is 1. The number of nitrogens with zero attached hydrogens (tertiary/aromatic N) is 5. The van der Waals surface area contributed by atoms with Gasteiger partial charge >= 0.3 is 0 Å². The fourth-order valence-electron chi connectivity index (χ4n) is 3.21. The molecule has 1 amide bonds. The second-order valence-electron chi connectivity index (χ2n) is 5.74. The molecule has 0 unspecified atom stereocenters. The van der Waals surface area contributed by atoms with Crippen molar-refractivity contribution in [3.05, 3.63) is 35.9 Å². The molecule has 1 spiro atoms. The Kier molecular flexibility index (Phi) is 2.88. The Morgan fingerprint density at radius 2 is 2.10 bits per heavy atom. The number of carbonyl (C=O) groups excluding carboxylic acids is 1. The number of anilines is 1. The fourth-order valence-corrected chi connectivity index (χ4v) is 3.88. The number of likely N-dealkylation sites (tertiary alicyclic amines) is 1. The van der Waals surface area contributed by atoms with Crippen LogP contribution in [0, 0.1) is 5.41 Å². The predicted octanol–water partition coefficient (Wildman–Crippen LogP) is 1.29. The lowest BCUT2D eigenvalue weighted by Gasteiger charge is -2.47. The van der Waals surface area contributed by atoms with E-state index in [9.17, 15) is 4.79 Å². The summed E-state index contributed by atoms with van der Waals surface area (Å²) >= 11 is 1.68. The maximum Gasteiger partial charge on any atom is 0.274 e. The Hall–Kier alpha value is -2.02. The van der Waals surface area contributed by atoms with E-state index in [1.54, 1.807) is 23.7 Å². The van der Waals surface area contributed by atoms with Crippen LogP contribution in [0.1, 0.15) is 16.9 Å². The number of amides is 1. The first-order valence-corrected chi connectivity index (χ1v) is 7.84. The monoisotopic (exact) mass is 301 g/mol. The first-order valence-electron chi connectivity index (χ1n) is 6.96. The average molecular weight is 301 g/mol. The highest BCUT2D eigenvalue weighted by Gasteiger charge is 2.49. The minimum absolute atomic E-state index is 0.0126. The maximum absolute atomic E-state index is 12.3. The maximum atomic E-state index is 12.3. The van der Waals surface area contributed by atoms with Gasteiger partial charge in [-0.25, -0.2) is 9.97 Å². The molecule has 2 saturated heterocycles. The molecule has 4 heterocycles. The zero-order chi connectivity index (χ0) is 14.3. The molecule has 7 heteroatoms. The van der Waals surface area contributed by atoms with Gasteiger partial charge in [-0.15, -0.1) is 11.3 Å². The van der Waals surface area contributed by atoms with Crippen molar-refractivity contribution in [2.45, 2.75) is 6.42 Å². The Balaban J connectivity index is 1.40. The number of hydrogen-bond donors (Lipinski definition) is 0. The minimum atomic E-state index is -0.0126. The zero-order valence-corrected chi connectivity index (χ0v) is 12.3. The highest BCUT2D eigenvalue weighted by Crippen LogP contribution is 2.41. The van der Waals surface area contributed by atoms with Gasteiger partial charge in [0.05, 0.1) is 6.20 Å². The van der Waals surface area contributed by atoms with Crippen molar-refractivity contribution in [2.75, 3.05) is 31.1 Å². The van der Waals surface area contributed by atoms with Gasteiger partial charge < -0.3 is 9.80 Å². The fraction of sp³-hybridized carbons (Fsp3) is 0.429. The lowest BCUT2D eigenvalue weighted by Crippen LogP contribution is -2.59. The van der Waals surface area contributed by atoms with Crippen molar-refractivity contribution in [1.82, 2.24) is 19.9 Å². The summed E-state index contributed by atoms with van der Waals surface area (Å²) in [4.78, 5) is 28.9. The van der Waals surface area contributed by atoms with Crippen molar-refractivity contribution in [3.8, 4) is 0 Å². The summed E-state index contributed by atoms with van der Waals surface area (Å²) in [6.07, 6.45) is 7.64. The summed E-state index contributed by atoms with van der Waals surface area (Å²) < 4.78 is 0. The van der Waals surface area contributed by atoms with Gasteiger partial charge in [0.25, 0.3) is 5.91 Å². The molecule has 21 heavy (non-hydrogen) atoms. The highest BCUT2D eigenvalue weighted by molar-refractivity contribution is 7.13. The van der Waals surface area contributed by atoms with Gasteiger partial charge in [-0.3, -0.25) is 9.78 Å². The first-order chi connectivity index (χ1) is 10.3. The van der Waals surface area contributed by atoms with E-state index in [2.05, 4.69) is 19.9 Å². The van der Waals surface area contributed by atoms with Crippen LogP contribution in [0.3, 0.4) is 0 Å². The van der Waals surface area contributed by atoms with Crippen LogP contribution in [-0.2, 0) is 0 Å². The summed E-state index contributed by atoms with van der Waals surface area (Å²) in [5.74, 6) is -0.0126. The lowest BCUT2D eigenvalue weighted by atomic mass is 9.79. The molecule has 4 rings (SSSR count). The third-order valence-electron chi connectivity index (χ3n) is 4.25. The van der Waals surface area contributed by atoms with E-state index in [0.717, 1.165) is 37.7 Å². The van der Waals surface area contributed by atoms with Gasteiger partial charge in [0.15, 0.2) is 5.13 Å². The molecule has 0 bridgehead atoms. The molecular formula is C14H15N5OS. The van der Waals surface area contributed by atoms with Gasteiger partial charge in [0.1, 0.15) is 5.69 Å². The minimum Gasteiger partial charge on any atom is -0.347 e. The van der Waals surface area contributed by atoms with E-state index in [1.807, 2.05) is 16.5 Å². The van der Waals surface area contributed by atoms with E-state index in [4.69, 9.17) is 0 Å². The van der Waals surface area contributed by atoms with Crippen LogP contribution in [0.15, 0.2) is 30.2 Å². The Morgan fingerprint density at radius 3 is 2.81 bits per heavy atom. The van der Waals surface area contributed by atoms with Crippen molar-refractivity contribution >= 4 is 22.4 Å². The van der Waals surface area contributed by atoms with Crippen molar-refractivity contribution in [2.24, 2.45) is 5.41 Å². The third kappa shape index (κ3) is 2.17. The van der Waals surface area contributed by atoms with Crippen LogP contribution in [0.2, 0.25) is 0 Å². The van der Waals surface area contributed by atoms with E-state index < -0.39 is 0 Å².